The number of nitrogens with two attached hydrogens (primary N) is 1. The molecule has 0 saturated heterocycles. The fourth-order valence-corrected chi connectivity index (χ4v) is 2.84. The highest BCUT2D eigenvalue weighted by Gasteiger charge is 2.11. The van der Waals surface area contributed by atoms with Crippen molar-refractivity contribution in [3.05, 3.63) is 68.1 Å². The SMILES string of the molecule is Cc1ccc(C(Cc2cccc(Br)c2)NN)cc1Br. The third kappa shape index (κ3) is 3.89. The molecule has 4 heteroatoms. The molecular weight excluding hydrogens is 368 g/mol. The summed E-state index contributed by atoms with van der Waals surface area (Å²) in [6.07, 6.45) is 0.853. The summed E-state index contributed by atoms with van der Waals surface area (Å²) in [7, 11) is 0. The number of rotatable bonds is 4. The van der Waals surface area contributed by atoms with Crippen LogP contribution in [0.3, 0.4) is 0 Å². The molecule has 0 radical (unpaired) electrons. The van der Waals surface area contributed by atoms with Gasteiger partial charge in [-0.2, -0.15) is 0 Å². The van der Waals surface area contributed by atoms with Gasteiger partial charge in [0.15, 0.2) is 0 Å². The first kappa shape index (κ1) is 14.7. The Morgan fingerprint density at radius 3 is 2.58 bits per heavy atom. The third-order valence-electron chi connectivity index (χ3n) is 3.13. The number of nitrogens with one attached hydrogen (secondary N) is 1. The average Bonchev–Trinajstić information content (AvgIpc) is 2.39. The van der Waals surface area contributed by atoms with Crippen LogP contribution >= 0.6 is 31.9 Å². The molecule has 2 rings (SSSR count). The van der Waals surface area contributed by atoms with E-state index in [2.05, 4.69) is 74.5 Å². The van der Waals surface area contributed by atoms with Gasteiger partial charge in [0.25, 0.3) is 0 Å². The Hall–Kier alpha value is -0.680. The molecule has 2 aromatic carbocycles. The van der Waals surface area contributed by atoms with Crippen molar-refractivity contribution in [2.45, 2.75) is 19.4 Å². The van der Waals surface area contributed by atoms with Crippen LogP contribution in [0.2, 0.25) is 0 Å². The highest BCUT2D eigenvalue weighted by Crippen LogP contribution is 2.24. The smallest absolute Gasteiger partial charge is 0.0500 e. The molecule has 0 bridgehead atoms. The van der Waals surface area contributed by atoms with E-state index in [0.29, 0.717) is 0 Å². The molecule has 3 N–H and O–H groups in total. The number of halogens is 2. The topological polar surface area (TPSA) is 38.0 Å². The average molecular weight is 384 g/mol. The second-order valence-electron chi connectivity index (χ2n) is 4.56. The summed E-state index contributed by atoms with van der Waals surface area (Å²) in [5.74, 6) is 5.70. The summed E-state index contributed by atoms with van der Waals surface area (Å²) in [5.41, 5.74) is 6.55. The van der Waals surface area contributed by atoms with E-state index in [1.165, 1.54) is 16.7 Å². The van der Waals surface area contributed by atoms with Crippen molar-refractivity contribution >= 4 is 31.9 Å². The van der Waals surface area contributed by atoms with Crippen LogP contribution < -0.4 is 11.3 Å². The van der Waals surface area contributed by atoms with Crippen LogP contribution in [0.15, 0.2) is 51.4 Å². The van der Waals surface area contributed by atoms with Crippen LogP contribution in [-0.4, -0.2) is 0 Å². The van der Waals surface area contributed by atoms with E-state index >= 15 is 0 Å². The monoisotopic (exact) mass is 382 g/mol. The molecule has 0 aliphatic carbocycles. The lowest BCUT2D eigenvalue weighted by atomic mass is 9.99. The van der Waals surface area contributed by atoms with Gasteiger partial charge in [-0.25, -0.2) is 0 Å². The zero-order valence-corrected chi connectivity index (χ0v) is 13.8. The molecule has 2 nitrogen and oxygen atoms in total. The molecule has 19 heavy (non-hydrogen) atoms. The van der Waals surface area contributed by atoms with E-state index in [0.717, 1.165) is 15.4 Å². The molecule has 2 aromatic rings. The Kier molecular flexibility index (Phi) is 5.16. The lowest BCUT2D eigenvalue weighted by Crippen LogP contribution is -2.29. The largest absolute Gasteiger partial charge is 0.271 e. The lowest BCUT2D eigenvalue weighted by molar-refractivity contribution is 0.551. The second-order valence-corrected chi connectivity index (χ2v) is 6.33. The zero-order valence-electron chi connectivity index (χ0n) is 10.7. The number of hydrogen-bond donors (Lipinski definition) is 2. The molecule has 0 aliphatic heterocycles. The summed E-state index contributed by atoms with van der Waals surface area (Å²) in [6.45, 7) is 2.08. The Balaban J connectivity index is 2.22. The van der Waals surface area contributed by atoms with Crippen molar-refractivity contribution in [1.82, 2.24) is 5.43 Å². The van der Waals surface area contributed by atoms with Gasteiger partial charge >= 0.3 is 0 Å². The summed E-state index contributed by atoms with van der Waals surface area (Å²) in [5, 5.41) is 0. The Labute approximate surface area is 130 Å². The second kappa shape index (κ2) is 6.66. The normalized spacial score (nSPS) is 12.4. The van der Waals surface area contributed by atoms with E-state index in [-0.39, 0.29) is 6.04 Å². The van der Waals surface area contributed by atoms with Crippen LogP contribution in [0.25, 0.3) is 0 Å². The van der Waals surface area contributed by atoms with Crippen molar-refractivity contribution in [2.75, 3.05) is 0 Å². The zero-order chi connectivity index (χ0) is 13.8. The first-order valence-corrected chi connectivity index (χ1v) is 7.65. The Morgan fingerprint density at radius 1 is 1.16 bits per heavy atom. The number of hydrazine groups is 1. The van der Waals surface area contributed by atoms with E-state index < -0.39 is 0 Å². The van der Waals surface area contributed by atoms with Gasteiger partial charge in [0.1, 0.15) is 0 Å². The van der Waals surface area contributed by atoms with Crippen molar-refractivity contribution in [3.63, 3.8) is 0 Å². The van der Waals surface area contributed by atoms with Gasteiger partial charge in [-0.3, -0.25) is 11.3 Å². The molecule has 0 aromatic heterocycles. The summed E-state index contributed by atoms with van der Waals surface area (Å²) >= 11 is 7.06. The van der Waals surface area contributed by atoms with E-state index in [1.54, 1.807) is 0 Å². The van der Waals surface area contributed by atoms with Crippen LogP contribution in [0, 0.1) is 6.92 Å². The molecule has 0 amide bonds. The van der Waals surface area contributed by atoms with Gasteiger partial charge in [0, 0.05) is 8.95 Å². The van der Waals surface area contributed by atoms with Crippen LogP contribution in [-0.2, 0) is 6.42 Å². The van der Waals surface area contributed by atoms with Gasteiger partial charge in [0.2, 0.25) is 0 Å². The van der Waals surface area contributed by atoms with Crippen LogP contribution in [0.1, 0.15) is 22.7 Å². The number of hydrogen-bond acceptors (Lipinski definition) is 2. The van der Waals surface area contributed by atoms with E-state index in [9.17, 15) is 0 Å². The molecule has 0 aliphatic rings. The van der Waals surface area contributed by atoms with Crippen LogP contribution in [0.4, 0.5) is 0 Å². The molecular formula is C15H16Br2N2. The van der Waals surface area contributed by atoms with Gasteiger partial charge < -0.3 is 0 Å². The number of benzene rings is 2. The molecule has 0 heterocycles. The molecule has 0 spiro atoms. The fraction of sp³-hybridized carbons (Fsp3) is 0.200. The van der Waals surface area contributed by atoms with Crippen molar-refractivity contribution < 1.29 is 0 Å². The minimum Gasteiger partial charge on any atom is -0.271 e. The standard InChI is InChI=1S/C15H16Br2N2/c1-10-5-6-12(9-14(10)17)15(19-18)8-11-3-2-4-13(16)7-11/h2-7,9,15,19H,8,18H2,1H3. The summed E-state index contributed by atoms with van der Waals surface area (Å²) in [4.78, 5) is 0. The summed E-state index contributed by atoms with van der Waals surface area (Å²) in [6, 6.07) is 14.7. The Morgan fingerprint density at radius 2 is 1.95 bits per heavy atom. The quantitative estimate of drug-likeness (QED) is 0.611. The number of aryl methyl sites for hydroxylation is 1. The van der Waals surface area contributed by atoms with Gasteiger partial charge in [-0.1, -0.05) is 56.1 Å². The maximum absolute atomic E-state index is 5.70. The van der Waals surface area contributed by atoms with Gasteiger partial charge in [-0.15, -0.1) is 0 Å². The molecule has 100 valence electrons. The van der Waals surface area contributed by atoms with Gasteiger partial charge in [0.05, 0.1) is 6.04 Å². The fourth-order valence-electron chi connectivity index (χ4n) is 2.00. The van der Waals surface area contributed by atoms with E-state index in [4.69, 9.17) is 5.84 Å². The minimum atomic E-state index is 0.103. The molecule has 1 atom stereocenters. The first-order valence-electron chi connectivity index (χ1n) is 6.07. The Bertz CT molecular complexity index is 570. The van der Waals surface area contributed by atoms with Crippen molar-refractivity contribution in [3.8, 4) is 0 Å². The third-order valence-corrected chi connectivity index (χ3v) is 4.48. The van der Waals surface area contributed by atoms with Crippen molar-refractivity contribution in [2.24, 2.45) is 5.84 Å². The maximum Gasteiger partial charge on any atom is 0.0500 e. The molecule has 1 unspecified atom stereocenters. The maximum atomic E-state index is 5.70. The molecule has 0 fully saturated rings. The van der Waals surface area contributed by atoms with Crippen LogP contribution in [0.5, 0.6) is 0 Å². The van der Waals surface area contributed by atoms with E-state index in [1.807, 2.05) is 12.1 Å². The van der Waals surface area contributed by atoms with Crippen molar-refractivity contribution in [1.29, 1.82) is 0 Å². The minimum absolute atomic E-state index is 0.103. The van der Waals surface area contributed by atoms with Gasteiger partial charge in [-0.05, 0) is 48.2 Å². The first-order chi connectivity index (χ1) is 9.10. The highest BCUT2D eigenvalue weighted by molar-refractivity contribution is 9.10. The molecule has 0 saturated carbocycles. The predicted molar refractivity (Wildman–Crippen MR) is 86.8 cm³/mol. The summed E-state index contributed by atoms with van der Waals surface area (Å²) < 4.78 is 2.20. The predicted octanol–water partition coefficient (Wildman–Crippen LogP) is 4.27. The lowest BCUT2D eigenvalue weighted by Gasteiger charge is -2.17. The highest BCUT2D eigenvalue weighted by atomic mass is 79.9.